The molecule has 0 radical (unpaired) electrons. The van der Waals surface area contributed by atoms with Crippen LogP contribution in [0.25, 0.3) is 0 Å². The molecular formula is C18H28F6N2O4S. The third-order valence-corrected chi connectivity index (χ3v) is 8.67. The molecule has 0 aromatic carbocycles. The van der Waals surface area contributed by atoms with E-state index in [1.165, 1.54) is 20.8 Å². The second-order valence-corrected chi connectivity index (χ2v) is 12.0. The van der Waals surface area contributed by atoms with Crippen LogP contribution in [0.3, 0.4) is 0 Å². The summed E-state index contributed by atoms with van der Waals surface area (Å²) in [5.74, 6) is -1.87. The first-order valence-electron chi connectivity index (χ1n) is 9.97. The Kier molecular flexibility index (Phi) is 7.06. The van der Waals surface area contributed by atoms with Crippen molar-refractivity contribution in [2.24, 2.45) is 5.92 Å². The number of hydrogen-bond acceptors (Lipinski definition) is 4. The van der Waals surface area contributed by atoms with Gasteiger partial charge in [0, 0.05) is 18.5 Å². The predicted octanol–water partition coefficient (Wildman–Crippen LogP) is 3.11. The van der Waals surface area contributed by atoms with Crippen molar-refractivity contribution in [1.29, 1.82) is 0 Å². The smallest absolute Gasteiger partial charge is 0.380 e. The molecule has 1 amide bonds. The predicted molar refractivity (Wildman–Crippen MR) is 99.3 cm³/mol. The second-order valence-electron chi connectivity index (χ2n) is 9.32. The molecule has 1 aliphatic heterocycles. The minimum Gasteiger partial charge on any atom is -0.380 e. The van der Waals surface area contributed by atoms with E-state index in [-0.39, 0.29) is 19.3 Å². The van der Waals surface area contributed by atoms with Gasteiger partial charge in [-0.3, -0.25) is 4.79 Å². The van der Waals surface area contributed by atoms with Crippen LogP contribution in [0.2, 0.25) is 0 Å². The summed E-state index contributed by atoms with van der Waals surface area (Å²) in [6, 6.07) is -3.06. The lowest BCUT2D eigenvalue weighted by molar-refractivity contribution is -0.270. The summed E-state index contributed by atoms with van der Waals surface area (Å²) in [5.41, 5.74) is -2.83. The number of amides is 1. The number of sulfonamides is 1. The van der Waals surface area contributed by atoms with Gasteiger partial charge in [-0.2, -0.15) is 30.6 Å². The highest BCUT2D eigenvalue weighted by Crippen LogP contribution is 2.42. The number of aliphatic hydroxyl groups is 1. The molecular weight excluding hydrogens is 454 g/mol. The van der Waals surface area contributed by atoms with Gasteiger partial charge in [0.2, 0.25) is 15.9 Å². The topological polar surface area (TPSA) is 86.7 Å². The molecule has 6 nitrogen and oxygen atoms in total. The fraction of sp³-hybridized carbons (Fsp3) is 0.944. The molecule has 1 heterocycles. The van der Waals surface area contributed by atoms with Gasteiger partial charge in [-0.05, 0) is 59.3 Å². The lowest BCUT2D eigenvalue weighted by Gasteiger charge is -2.42. The van der Waals surface area contributed by atoms with Crippen molar-refractivity contribution in [2.45, 2.75) is 94.1 Å². The van der Waals surface area contributed by atoms with E-state index < -0.39 is 82.4 Å². The largest absolute Gasteiger partial charge is 0.417 e. The fourth-order valence-electron chi connectivity index (χ4n) is 3.96. The number of hydrogen-bond donors (Lipinski definition) is 2. The normalized spacial score (nSPS) is 32.0. The zero-order valence-electron chi connectivity index (χ0n) is 17.5. The average molecular weight is 482 g/mol. The van der Waals surface area contributed by atoms with Crippen LogP contribution in [0.15, 0.2) is 0 Å². The third kappa shape index (κ3) is 5.47. The number of carbonyl (C=O) groups excluding carboxylic acids is 1. The molecule has 1 unspecified atom stereocenters. The molecule has 1 saturated carbocycles. The van der Waals surface area contributed by atoms with Crippen molar-refractivity contribution >= 4 is 15.9 Å². The van der Waals surface area contributed by atoms with E-state index in [0.29, 0.717) is 4.31 Å². The summed E-state index contributed by atoms with van der Waals surface area (Å²) in [7, 11) is -4.29. The van der Waals surface area contributed by atoms with Gasteiger partial charge in [-0.1, -0.05) is 0 Å². The molecule has 31 heavy (non-hydrogen) atoms. The summed E-state index contributed by atoms with van der Waals surface area (Å²) < 4.78 is 104. The van der Waals surface area contributed by atoms with Crippen LogP contribution in [0.5, 0.6) is 0 Å². The van der Waals surface area contributed by atoms with E-state index in [1.807, 2.05) is 0 Å². The van der Waals surface area contributed by atoms with Crippen LogP contribution in [0.4, 0.5) is 26.3 Å². The molecule has 0 spiro atoms. The Balaban J connectivity index is 2.07. The van der Waals surface area contributed by atoms with E-state index in [4.69, 9.17) is 0 Å². The average Bonchev–Trinajstić information content (AvgIpc) is 2.60. The molecule has 2 aliphatic rings. The Morgan fingerprint density at radius 2 is 1.55 bits per heavy atom. The number of alkyl halides is 6. The highest BCUT2D eigenvalue weighted by atomic mass is 32.2. The molecule has 0 bridgehead atoms. The van der Waals surface area contributed by atoms with E-state index in [2.05, 4.69) is 5.32 Å². The Morgan fingerprint density at radius 3 is 1.97 bits per heavy atom. The molecule has 0 aromatic heterocycles. The molecule has 1 aliphatic carbocycles. The van der Waals surface area contributed by atoms with Crippen molar-refractivity contribution in [1.82, 2.24) is 9.62 Å². The van der Waals surface area contributed by atoms with Crippen molar-refractivity contribution in [2.75, 3.05) is 6.54 Å². The highest BCUT2D eigenvalue weighted by Gasteiger charge is 2.56. The summed E-state index contributed by atoms with van der Waals surface area (Å²) in [6.45, 7) is 3.39. The van der Waals surface area contributed by atoms with E-state index in [0.717, 1.165) is 0 Å². The Morgan fingerprint density at radius 1 is 1.03 bits per heavy atom. The van der Waals surface area contributed by atoms with Crippen LogP contribution < -0.4 is 5.32 Å². The Bertz CT molecular complexity index is 767. The van der Waals surface area contributed by atoms with Gasteiger partial charge in [0.05, 0.1) is 4.75 Å². The summed E-state index contributed by atoms with van der Waals surface area (Å²) in [4.78, 5) is 12.5. The van der Waals surface area contributed by atoms with E-state index in [1.54, 1.807) is 0 Å². The molecule has 182 valence electrons. The lowest BCUT2D eigenvalue weighted by Crippen LogP contribution is -2.58. The number of piperidine rings is 1. The van der Waals surface area contributed by atoms with E-state index in [9.17, 15) is 44.7 Å². The maximum atomic E-state index is 13.6. The minimum absolute atomic E-state index is 0.132. The van der Waals surface area contributed by atoms with Crippen LogP contribution in [-0.4, -0.2) is 65.1 Å². The zero-order valence-corrected chi connectivity index (χ0v) is 18.3. The summed E-state index contributed by atoms with van der Waals surface area (Å²) >= 11 is 0. The lowest BCUT2D eigenvalue weighted by atomic mass is 9.81. The molecule has 0 aromatic rings. The molecule has 13 heteroatoms. The van der Waals surface area contributed by atoms with Crippen LogP contribution in [-0.2, 0) is 14.8 Å². The number of rotatable bonds is 3. The van der Waals surface area contributed by atoms with Gasteiger partial charge in [0.25, 0.3) is 0 Å². The van der Waals surface area contributed by atoms with Gasteiger partial charge in [0.15, 0.2) is 5.60 Å². The Labute approximate surface area is 177 Å². The number of nitrogens with one attached hydrogen (secondary N) is 1. The second kappa shape index (κ2) is 8.36. The number of halogens is 6. The first kappa shape index (κ1) is 26.2. The molecule has 2 atom stereocenters. The number of carbonyl (C=O) groups is 1. The maximum absolute atomic E-state index is 13.6. The van der Waals surface area contributed by atoms with Gasteiger partial charge < -0.3 is 10.4 Å². The van der Waals surface area contributed by atoms with Crippen molar-refractivity contribution < 1.29 is 44.7 Å². The van der Waals surface area contributed by atoms with Crippen LogP contribution in [0, 0.1) is 5.92 Å². The zero-order chi connectivity index (χ0) is 24.0. The van der Waals surface area contributed by atoms with Crippen molar-refractivity contribution in [3.63, 3.8) is 0 Å². The Hall–Kier alpha value is -1.08. The molecule has 2 rings (SSSR count). The minimum atomic E-state index is -4.88. The molecule has 1 saturated heterocycles. The van der Waals surface area contributed by atoms with Gasteiger partial charge in [-0.15, -0.1) is 0 Å². The molecule has 2 N–H and O–H groups in total. The summed E-state index contributed by atoms with van der Waals surface area (Å²) in [6.07, 6.45) is -12.1. The molecule has 2 fully saturated rings. The first-order valence-corrected chi connectivity index (χ1v) is 11.4. The van der Waals surface area contributed by atoms with Crippen LogP contribution in [0.1, 0.15) is 59.3 Å². The highest BCUT2D eigenvalue weighted by molar-refractivity contribution is 7.90. The van der Waals surface area contributed by atoms with Crippen molar-refractivity contribution in [3.05, 3.63) is 0 Å². The fourth-order valence-corrected chi connectivity index (χ4v) is 5.55. The van der Waals surface area contributed by atoms with Gasteiger partial charge in [-0.25, -0.2) is 8.42 Å². The van der Waals surface area contributed by atoms with Gasteiger partial charge in [0.1, 0.15) is 6.04 Å². The van der Waals surface area contributed by atoms with Gasteiger partial charge >= 0.3 is 12.4 Å². The summed E-state index contributed by atoms with van der Waals surface area (Å²) in [5, 5.41) is 12.2. The third-order valence-electron chi connectivity index (χ3n) is 6.07. The quantitative estimate of drug-likeness (QED) is 0.606. The SMILES string of the molecule is CC(C)(C)S(=O)(=O)N1CCC(C(=O)N[C@H]2CC[C@@](O)(C(F)(F)F)CC2)C[C@H]1C(F)(F)F. The van der Waals surface area contributed by atoms with E-state index >= 15 is 0 Å². The standard InChI is InChI=1S/C18H28F6N2O4S/c1-15(2,3)31(29,30)26-9-6-11(10-13(26)17(19,20)21)14(27)25-12-4-7-16(28,8-5-12)18(22,23)24/h11-13,28H,4-10H2,1-3H3,(H,25,27)/t11?,12-,13-,16-/m0/s1. The van der Waals surface area contributed by atoms with Crippen molar-refractivity contribution in [3.8, 4) is 0 Å². The maximum Gasteiger partial charge on any atom is 0.417 e. The first-order chi connectivity index (χ1) is 13.8. The monoisotopic (exact) mass is 482 g/mol. The number of nitrogens with zero attached hydrogens (tertiary/aromatic N) is 1. The van der Waals surface area contributed by atoms with Crippen LogP contribution >= 0.6 is 0 Å².